The van der Waals surface area contributed by atoms with Crippen LogP contribution in [0.5, 0.6) is 0 Å². The van der Waals surface area contributed by atoms with Crippen molar-refractivity contribution >= 4 is 17.4 Å². The van der Waals surface area contributed by atoms with Crippen LogP contribution in [0.2, 0.25) is 0 Å². The quantitative estimate of drug-likeness (QED) is 0.719. The fraction of sp³-hybridized carbons (Fsp3) is 0.579. The van der Waals surface area contributed by atoms with Crippen LogP contribution in [0.15, 0.2) is 31.0 Å². The average Bonchev–Trinajstić information content (AvgIpc) is 3.01. The summed E-state index contributed by atoms with van der Waals surface area (Å²) in [7, 11) is 2.01. The highest BCUT2D eigenvalue weighted by molar-refractivity contribution is 5.93. The van der Waals surface area contributed by atoms with E-state index in [4.69, 9.17) is 0 Å². The number of carbonyl (C=O) groups excluding carboxylic acids is 1. The summed E-state index contributed by atoms with van der Waals surface area (Å²) in [5.41, 5.74) is 0.823. The van der Waals surface area contributed by atoms with Crippen LogP contribution in [0.4, 0.5) is 11.5 Å². The second-order valence-electron chi connectivity index (χ2n) is 6.91. The summed E-state index contributed by atoms with van der Waals surface area (Å²) in [5, 5.41) is 6.41. The Morgan fingerprint density at radius 2 is 2.33 bits per heavy atom. The number of aromatic nitrogens is 1. The van der Waals surface area contributed by atoms with E-state index in [2.05, 4.69) is 40.9 Å². The van der Waals surface area contributed by atoms with E-state index in [1.807, 2.05) is 25.3 Å². The number of nitrogens with zero attached hydrogens (tertiary/aromatic N) is 2. The predicted molar refractivity (Wildman–Crippen MR) is 100 cm³/mol. The number of hydrogen-bond donors (Lipinski definition) is 2. The molecule has 3 unspecified atom stereocenters. The molecule has 1 aromatic rings. The molecule has 1 aliphatic carbocycles. The normalized spacial score (nSPS) is 21.3. The Labute approximate surface area is 145 Å². The highest BCUT2D eigenvalue weighted by Crippen LogP contribution is 2.31. The molecular formula is C19H30N4O. The molecule has 0 bridgehead atoms. The van der Waals surface area contributed by atoms with Crippen molar-refractivity contribution in [1.29, 1.82) is 0 Å². The van der Waals surface area contributed by atoms with E-state index in [1.54, 1.807) is 6.20 Å². The van der Waals surface area contributed by atoms with Gasteiger partial charge in [-0.2, -0.15) is 0 Å². The Kier molecular flexibility index (Phi) is 6.79. The molecule has 132 valence electrons. The predicted octanol–water partition coefficient (Wildman–Crippen LogP) is 3.06. The first-order valence-electron chi connectivity index (χ1n) is 8.83. The molecule has 1 heterocycles. The molecule has 0 aliphatic heterocycles. The fourth-order valence-electron chi connectivity index (χ4n) is 3.05. The van der Waals surface area contributed by atoms with Crippen LogP contribution in [-0.2, 0) is 4.79 Å². The number of anilines is 2. The Morgan fingerprint density at radius 1 is 1.54 bits per heavy atom. The van der Waals surface area contributed by atoms with Gasteiger partial charge in [-0.05, 0) is 38.2 Å². The summed E-state index contributed by atoms with van der Waals surface area (Å²) in [4.78, 5) is 18.8. The van der Waals surface area contributed by atoms with Crippen molar-refractivity contribution in [1.82, 2.24) is 10.3 Å². The lowest BCUT2D eigenvalue weighted by Gasteiger charge is -2.20. The van der Waals surface area contributed by atoms with Gasteiger partial charge in [0, 0.05) is 50.0 Å². The largest absolute Gasteiger partial charge is 0.358 e. The molecule has 24 heavy (non-hydrogen) atoms. The van der Waals surface area contributed by atoms with Gasteiger partial charge in [0.05, 0.1) is 0 Å². The van der Waals surface area contributed by atoms with Crippen molar-refractivity contribution in [3.63, 3.8) is 0 Å². The van der Waals surface area contributed by atoms with Crippen LogP contribution < -0.4 is 15.5 Å². The first-order chi connectivity index (χ1) is 11.5. The monoisotopic (exact) mass is 330 g/mol. The summed E-state index contributed by atoms with van der Waals surface area (Å²) in [6.45, 7) is 9.74. The molecule has 3 atom stereocenters. The zero-order chi connectivity index (χ0) is 17.5. The summed E-state index contributed by atoms with van der Waals surface area (Å²) in [6, 6.07) is 4.09. The minimum absolute atomic E-state index is 0.139. The minimum Gasteiger partial charge on any atom is -0.358 e. The van der Waals surface area contributed by atoms with Crippen LogP contribution in [0.3, 0.4) is 0 Å². The van der Waals surface area contributed by atoms with Gasteiger partial charge in [-0.3, -0.25) is 4.79 Å². The number of nitrogens with one attached hydrogen (secondary N) is 2. The number of pyridine rings is 1. The summed E-state index contributed by atoms with van der Waals surface area (Å²) in [6.07, 6.45) is 6.78. The number of hydrogen-bond acceptors (Lipinski definition) is 4. The van der Waals surface area contributed by atoms with Crippen molar-refractivity contribution < 1.29 is 4.79 Å². The zero-order valence-corrected chi connectivity index (χ0v) is 15.1. The third kappa shape index (κ3) is 5.34. The van der Waals surface area contributed by atoms with E-state index < -0.39 is 0 Å². The third-order valence-corrected chi connectivity index (χ3v) is 4.74. The average molecular weight is 330 g/mol. The molecule has 5 heteroatoms. The molecule has 1 fully saturated rings. The summed E-state index contributed by atoms with van der Waals surface area (Å²) < 4.78 is 0. The molecule has 0 aromatic carbocycles. The molecule has 0 radical (unpaired) electrons. The van der Waals surface area contributed by atoms with Gasteiger partial charge in [-0.15, -0.1) is 6.58 Å². The van der Waals surface area contributed by atoms with Gasteiger partial charge in [0.15, 0.2) is 0 Å². The topological polar surface area (TPSA) is 57.3 Å². The molecule has 5 nitrogen and oxygen atoms in total. The van der Waals surface area contributed by atoms with E-state index in [0.29, 0.717) is 12.0 Å². The van der Waals surface area contributed by atoms with E-state index in [1.165, 1.54) is 0 Å². The maximum atomic E-state index is 12.4. The zero-order valence-electron chi connectivity index (χ0n) is 15.1. The molecule has 0 spiro atoms. The molecular weight excluding hydrogens is 300 g/mol. The van der Waals surface area contributed by atoms with E-state index in [9.17, 15) is 4.79 Å². The van der Waals surface area contributed by atoms with Crippen LogP contribution in [0, 0.1) is 11.8 Å². The van der Waals surface area contributed by atoms with Crippen molar-refractivity contribution in [3.8, 4) is 0 Å². The third-order valence-electron chi connectivity index (χ3n) is 4.74. The minimum atomic E-state index is 0.139. The Hall–Kier alpha value is -1.88. The SMILES string of the molecule is C=CC(C)NCCN(C)c1cc(NC(=O)C2CCC(C)C2)ccn1. The smallest absolute Gasteiger partial charge is 0.227 e. The second kappa shape index (κ2) is 8.83. The standard InChI is InChI=1S/C19H30N4O/c1-5-15(3)20-10-11-23(4)18-13-17(8-9-21-18)22-19(24)16-7-6-14(2)12-16/h5,8-9,13-16,20H,1,6-7,10-12H2,2-4H3,(H,21,22,24). The van der Waals surface area contributed by atoms with E-state index in [0.717, 1.165) is 43.9 Å². The lowest BCUT2D eigenvalue weighted by molar-refractivity contribution is -0.119. The molecule has 1 aromatic heterocycles. The van der Waals surface area contributed by atoms with Gasteiger partial charge in [-0.1, -0.05) is 13.0 Å². The first-order valence-corrected chi connectivity index (χ1v) is 8.83. The molecule has 1 saturated carbocycles. The van der Waals surface area contributed by atoms with Crippen molar-refractivity contribution in [2.75, 3.05) is 30.4 Å². The van der Waals surface area contributed by atoms with Crippen molar-refractivity contribution in [2.24, 2.45) is 11.8 Å². The van der Waals surface area contributed by atoms with Gasteiger partial charge < -0.3 is 15.5 Å². The number of likely N-dealkylation sites (N-methyl/N-ethyl adjacent to an activating group) is 1. The van der Waals surface area contributed by atoms with Crippen LogP contribution in [0.1, 0.15) is 33.1 Å². The van der Waals surface area contributed by atoms with Crippen LogP contribution in [0.25, 0.3) is 0 Å². The second-order valence-corrected chi connectivity index (χ2v) is 6.91. The Morgan fingerprint density at radius 3 is 3.00 bits per heavy atom. The van der Waals surface area contributed by atoms with Gasteiger partial charge in [-0.25, -0.2) is 4.98 Å². The Bertz CT molecular complexity index is 560. The lowest BCUT2D eigenvalue weighted by atomic mass is 10.1. The van der Waals surface area contributed by atoms with Crippen molar-refractivity contribution in [2.45, 2.75) is 39.2 Å². The number of rotatable bonds is 8. The maximum Gasteiger partial charge on any atom is 0.227 e. The maximum absolute atomic E-state index is 12.4. The summed E-state index contributed by atoms with van der Waals surface area (Å²) >= 11 is 0. The molecule has 2 rings (SSSR count). The van der Waals surface area contributed by atoms with Crippen LogP contribution in [-0.4, -0.2) is 37.1 Å². The van der Waals surface area contributed by atoms with E-state index >= 15 is 0 Å². The first kappa shape index (κ1) is 18.5. The Balaban J connectivity index is 1.88. The molecule has 1 aliphatic rings. The number of carbonyl (C=O) groups is 1. The summed E-state index contributed by atoms with van der Waals surface area (Å²) in [5.74, 6) is 1.81. The number of amides is 1. The van der Waals surface area contributed by atoms with Crippen LogP contribution >= 0.6 is 0 Å². The van der Waals surface area contributed by atoms with Gasteiger partial charge in [0.2, 0.25) is 5.91 Å². The van der Waals surface area contributed by atoms with Crippen molar-refractivity contribution in [3.05, 3.63) is 31.0 Å². The molecule has 1 amide bonds. The van der Waals surface area contributed by atoms with Gasteiger partial charge in [0.1, 0.15) is 5.82 Å². The highest BCUT2D eigenvalue weighted by Gasteiger charge is 2.27. The van der Waals surface area contributed by atoms with Gasteiger partial charge in [0.25, 0.3) is 0 Å². The molecule has 0 saturated heterocycles. The highest BCUT2D eigenvalue weighted by atomic mass is 16.1. The molecule has 2 N–H and O–H groups in total. The lowest BCUT2D eigenvalue weighted by Crippen LogP contribution is -2.33. The van der Waals surface area contributed by atoms with E-state index in [-0.39, 0.29) is 11.8 Å². The van der Waals surface area contributed by atoms with Gasteiger partial charge >= 0.3 is 0 Å². The fourth-order valence-corrected chi connectivity index (χ4v) is 3.05.